The molecule has 6 heteroatoms. The van der Waals surface area contributed by atoms with Gasteiger partial charge in [0, 0.05) is 11.6 Å². The van der Waals surface area contributed by atoms with Crippen LogP contribution >= 0.6 is 0 Å². The predicted octanol–water partition coefficient (Wildman–Crippen LogP) is 4.12. The Hall–Kier alpha value is -2.70. The van der Waals surface area contributed by atoms with Crippen LogP contribution in [-0.2, 0) is 5.60 Å². The average molecular weight is 396 g/mol. The Kier molecular flexibility index (Phi) is 5.15. The molecule has 0 atom stereocenters. The molecule has 2 N–H and O–H groups in total. The largest absolute Gasteiger partial charge is 0.494 e. The number of aliphatic hydroxyl groups is 2. The van der Waals surface area contributed by atoms with Gasteiger partial charge in [0.15, 0.2) is 11.6 Å². The number of aromatic nitrogens is 2. The summed E-state index contributed by atoms with van der Waals surface area (Å²) in [6.45, 7) is 2.02. The van der Waals surface area contributed by atoms with Gasteiger partial charge in [0.2, 0.25) is 0 Å². The number of hydrogen-bond donors (Lipinski definition) is 2. The third kappa shape index (κ3) is 3.78. The molecule has 0 spiro atoms. The Bertz CT molecular complexity index is 1010. The van der Waals surface area contributed by atoms with Crippen LogP contribution in [0, 0.1) is 12.7 Å². The molecule has 0 aliphatic heterocycles. The lowest BCUT2D eigenvalue weighted by Gasteiger charge is -2.32. The van der Waals surface area contributed by atoms with E-state index >= 15 is 0 Å². The second kappa shape index (κ2) is 7.61. The van der Waals surface area contributed by atoms with Crippen molar-refractivity contribution >= 4 is 0 Å². The molecular weight excluding hydrogens is 371 g/mol. The first kappa shape index (κ1) is 19.6. The van der Waals surface area contributed by atoms with Crippen LogP contribution in [0.15, 0.2) is 48.5 Å². The molecular formula is C23H25FN2O3. The number of aryl methyl sites for hydroxylation is 1. The number of ether oxygens (including phenoxy) is 1. The molecule has 0 saturated heterocycles. The van der Waals surface area contributed by atoms with E-state index in [-0.39, 0.29) is 11.9 Å². The summed E-state index contributed by atoms with van der Waals surface area (Å²) in [4.78, 5) is 0. The molecule has 1 heterocycles. The monoisotopic (exact) mass is 396 g/mol. The van der Waals surface area contributed by atoms with Gasteiger partial charge in [-0.2, -0.15) is 5.10 Å². The number of nitrogens with zero attached hydrogens (tertiary/aromatic N) is 2. The average Bonchev–Trinajstić information content (AvgIpc) is 3.17. The van der Waals surface area contributed by atoms with E-state index in [0.717, 1.165) is 16.8 Å². The summed E-state index contributed by atoms with van der Waals surface area (Å²) < 4.78 is 21.0. The van der Waals surface area contributed by atoms with E-state index in [1.807, 2.05) is 37.3 Å². The number of halogens is 1. The summed E-state index contributed by atoms with van der Waals surface area (Å²) >= 11 is 0. The number of rotatable bonds is 4. The molecule has 1 aliphatic carbocycles. The van der Waals surface area contributed by atoms with Gasteiger partial charge in [-0.25, -0.2) is 9.07 Å². The molecule has 1 saturated carbocycles. The van der Waals surface area contributed by atoms with Crippen LogP contribution < -0.4 is 4.74 Å². The van der Waals surface area contributed by atoms with Gasteiger partial charge in [0.1, 0.15) is 5.60 Å². The van der Waals surface area contributed by atoms with Crippen LogP contribution in [0.4, 0.5) is 4.39 Å². The second-order valence-electron chi connectivity index (χ2n) is 7.77. The minimum Gasteiger partial charge on any atom is -0.494 e. The molecule has 0 bridgehead atoms. The van der Waals surface area contributed by atoms with E-state index in [0.29, 0.717) is 37.1 Å². The van der Waals surface area contributed by atoms with Crippen LogP contribution in [0.3, 0.4) is 0 Å². The van der Waals surface area contributed by atoms with E-state index < -0.39 is 11.4 Å². The van der Waals surface area contributed by atoms with Crippen molar-refractivity contribution in [3.63, 3.8) is 0 Å². The summed E-state index contributed by atoms with van der Waals surface area (Å²) in [6, 6.07) is 14.5. The van der Waals surface area contributed by atoms with Crippen molar-refractivity contribution in [2.24, 2.45) is 0 Å². The van der Waals surface area contributed by atoms with Gasteiger partial charge in [0.05, 0.1) is 30.3 Å². The molecule has 1 fully saturated rings. The van der Waals surface area contributed by atoms with Crippen molar-refractivity contribution in [2.45, 2.75) is 44.3 Å². The van der Waals surface area contributed by atoms with E-state index in [4.69, 9.17) is 4.74 Å². The van der Waals surface area contributed by atoms with E-state index in [2.05, 4.69) is 5.10 Å². The fraction of sp³-hybridized carbons (Fsp3) is 0.348. The molecule has 3 aromatic rings. The summed E-state index contributed by atoms with van der Waals surface area (Å²) in [5, 5.41) is 25.7. The Balaban J connectivity index is 1.83. The third-order valence-electron chi connectivity index (χ3n) is 5.70. The summed E-state index contributed by atoms with van der Waals surface area (Å²) in [6.07, 6.45) is 1.55. The number of aliphatic hydroxyl groups excluding tert-OH is 1. The molecule has 0 unspecified atom stereocenters. The van der Waals surface area contributed by atoms with Crippen LogP contribution in [0.2, 0.25) is 0 Å². The maximum absolute atomic E-state index is 14.4. The highest BCUT2D eigenvalue weighted by molar-refractivity contribution is 5.63. The lowest BCUT2D eigenvalue weighted by Crippen LogP contribution is -2.33. The third-order valence-corrected chi connectivity index (χ3v) is 5.70. The fourth-order valence-corrected chi connectivity index (χ4v) is 3.86. The maximum Gasteiger partial charge on any atom is 0.167 e. The van der Waals surface area contributed by atoms with Gasteiger partial charge in [-0.1, -0.05) is 29.8 Å². The van der Waals surface area contributed by atoms with Gasteiger partial charge < -0.3 is 14.9 Å². The molecule has 0 amide bonds. The predicted molar refractivity (Wildman–Crippen MR) is 109 cm³/mol. The SMILES string of the molecule is COc1ccc(-n2nc(C3(O)CCC(O)CC3)cc2-c2ccc(C)cc2)cc1F. The summed E-state index contributed by atoms with van der Waals surface area (Å²) in [7, 11) is 1.43. The molecule has 5 nitrogen and oxygen atoms in total. The molecule has 29 heavy (non-hydrogen) atoms. The Morgan fingerprint density at radius 3 is 2.41 bits per heavy atom. The van der Waals surface area contributed by atoms with Crippen molar-refractivity contribution in [1.82, 2.24) is 9.78 Å². The zero-order valence-electron chi connectivity index (χ0n) is 16.6. The van der Waals surface area contributed by atoms with Gasteiger partial charge in [-0.15, -0.1) is 0 Å². The minimum absolute atomic E-state index is 0.165. The van der Waals surface area contributed by atoms with Crippen LogP contribution in [-0.4, -0.2) is 33.2 Å². The van der Waals surface area contributed by atoms with Gasteiger partial charge in [-0.3, -0.25) is 0 Å². The number of hydrogen-bond acceptors (Lipinski definition) is 4. The molecule has 0 radical (unpaired) electrons. The first-order chi connectivity index (χ1) is 13.9. The highest BCUT2D eigenvalue weighted by Gasteiger charge is 2.37. The quantitative estimate of drug-likeness (QED) is 0.696. The Labute approximate surface area is 169 Å². The number of methoxy groups -OCH3 is 1. The first-order valence-corrected chi connectivity index (χ1v) is 9.81. The first-order valence-electron chi connectivity index (χ1n) is 9.81. The van der Waals surface area contributed by atoms with Crippen molar-refractivity contribution in [1.29, 1.82) is 0 Å². The lowest BCUT2D eigenvalue weighted by molar-refractivity contribution is -0.0393. The standard InChI is InChI=1S/C23H25FN2O3/c1-15-3-5-16(6-4-15)20-14-22(23(28)11-9-18(27)10-12-23)25-26(20)17-7-8-21(29-2)19(24)13-17/h3-8,13-14,18,27-28H,9-12H2,1-2H3. The fourth-order valence-electron chi connectivity index (χ4n) is 3.86. The number of benzene rings is 2. The van der Waals surface area contributed by atoms with Gasteiger partial charge in [0.25, 0.3) is 0 Å². The summed E-state index contributed by atoms with van der Waals surface area (Å²) in [5.74, 6) is -0.311. The van der Waals surface area contributed by atoms with E-state index in [9.17, 15) is 14.6 Å². The molecule has 4 rings (SSSR count). The smallest absolute Gasteiger partial charge is 0.167 e. The lowest BCUT2D eigenvalue weighted by atomic mass is 9.81. The van der Waals surface area contributed by atoms with Crippen LogP contribution in [0.5, 0.6) is 5.75 Å². The van der Waals surface area contributed by atoms with E-state index in [1.54, 1.807) is 16.8 Å². The second-order valence-corrected chi connectivity index (χ2v) is 7.77. The zero-order valence-corrected chi connectivity index (χ0v) is 16.6. The highest BCUT2D eigenvalue weighted by atomic mass is 19.1. The van der Waals surface area contributed by atoms with Crippen molar-refractivity contribution in [3.05, 3.63) is 65.6 Å². The van der Waals surface area contributed by atoms with Crippen molar-refractivity contribution in [2.75, 3.05) is 7.11 Å². The Morgan fingerprint density at radius 2 is 1.79 bits per heavy atom. The van der Waals surface area contributed by atoms with Crippen LogP contribution in [0.25, 0.3) is 16.9 Å². The van der Waals surface area contributed by atoms with Crippen molar-refractivity contribution in [3.8, 4) is 22.7 Å². The van der Waals surface area contributed by atoms with Crippen LogP contribution in [0.1, 0.15) is 36.9 Å². The summed E-state index contributed by atoms with van der Waals surface area (Å²) in [5.41, 5.74) is 2.81. The van der Waals surface area contributed by atoms with Gasteiger partial charge >= 0.3 is 0 Å². The van der Waals surface area contributed by atoms with Crippen molar-refractivity contribution < 1.29 is 19.3 Å². The molecule has 2 aromatic carbocycles. The zero-order chi connectivity index (χ0) is 20.6. The topological polar surface area (TPSA) is 67.5 Å². The maximum atomic E-state index is 14.4. The Morgan fingerprint density at radius 1 is 1.10 bits per heavy atom. The van der Waals surface area contributed by atoms with Gasteiger partial charge in [-0.05, 0) is 50.8 Å². The van der Waals surface area contributed by atoms with E-state index in [1.165, 1.54) is 13.2 Å². The normalized spacial score (nSPS) is 21.9. The highest BCUT2D eigenvalue weighted by Crippen LogP contribution is 2.39. The minimum atomic E-state index is -1.10. The molecule has 1 aliphatic rings. The molecule has 1 aromatic heterocycles. The molecule has 152 valence electrons.